The van der Waals surface area contributed by atoms with E-state index < -0.39 is 0 Å². The number of fused-ring (bicyclic) bond motifs is 1. The van der Waals surface area contributed by atoms with Crippen LogP contribution < -0.4 is 5.69 Å². The quantitative estimate of drug-likeness (QED) is 0.545. The van der Waals surface area contributed by atoms with Crippen LogP contribution in [0.25, 0.3) is 16.7 Å². The third kappa shape index (κ3) is 2.78. The van der Waals surface area contributed by atoms with Crippen LogP contribution in [-0.4, -0.2) is 9.13 Å². The van der Waals surface area contributed by atoms with E-state index in [0.717, 1.165) is 28.7 Å². The first kappa shape index (κ1) is 15.5. The van der Waals surface area contributed by atoms with E-state index in [-0.39, 0.29) is 5.69 Å². The zero-order valence-corrected chi connectivity index (χ0v) is 14.2. The Kier molecular flexibility index (Phi) is 3.98. The lowest BCUT2D eigenvalue weighted by Gasteiger charge is -2.04. The minimum Gasteiger partial charge on any atom is -0.287 e. The summed E-state index contributed by atoms with van der Waals surface area (Å²) in [4.78, 5) is 13.2. The van der Waals surface area contributed by atoms with Crippen molar-refractivity contribution < 1.29 is 0 Å². The molecular weight excluding hydrogens is 308 g/mol. The van der Waals surface area contributed by atoms with Gasteiger partial charge in [0.25, 0.3) is 0 Å². The second kappa shape index (κ2) is 6.44. The van der Waals surface area contributed by atoms with Crippen LogP contribution in [0, 0.1) is 0 Å². The van der Waals surface area contributed by atoms with Crippen LogP contribution in [0.15, 0.2) is 83.7 Å². The first-order valence-corrected chi connectivity index (χ1v) is 8.61. The number of hydrogen-bond acceptors (Lipinski definition) is 1. The highest BCUT2D eigenvalue weighted by Crippen LogP contribution is 2.19. The Labute approximate surface area is 146 Å². The summed E-state index contributed by atoms with van der Waals surface area (Å²) in [5, 5.41) is 0. The molecule has 0 amide bonds. The van der Waals surface area contributed by atoms with Gasteiger partial charge < -0.3 is 0 Å². The van der Waals surface area contributed by atoms with Gasteiger partial charge in [0.1, 0.15) is 0 Å². The fraction of sp³-hybridized carbons (Fsp3) is 0.136. The maximum atomic E-state index is 13.2. The molecule has 124 valence electrons. The van der Waals surface area contributed by atoms with Crippen LogP contribution in [0.1, 0.15) is 18.1 Å². The second-order valence-electron chi connectivity index (χ2n) is 6.20. The number of para-hydroxylation sites is 2. The van der Waals surface area contributed by atoms with Crippen molar-refractivity contribution in [2.75, 3.05) is 0 Å². The minimum absolute atomic E-state index is 0.00528. The summed E-state index contributed by atoms with van der Waals surface area (Å²) < 4.78 is 3.65. The Morgan fingerprint density at radius 1 is 0.720 bits per heavy atom. The monoisotopic (exact) mass is 328 g/mol. The van der Waals surface area contributed by atoms with Crippen molar-refractivity contribution in [2.45, 2.75) is 19.9 Å². The highest BCUT2D eigenvalue weighted by molar-refractivity contribution is 5.78. The summed E-state index contributed by atoms with van der Waals surface area (Å²) in [6.07, 6.45) is 0.991. The smallest absolute Gasteiger partial charge is 0.287 e. The fourth-order valence-electron chi connectivity index (χ4n) is 3.26. The van der Waals surface area contributed by atoms with Crippen LogP contribution in [0.5, 0.6) is 0 Å². The average Bonchev–Trinajstić information content (AvgIpc) is 2.95. The maximum Gasteiger partial charge on any atom is 0.334 e. The molecule has 0 spiro atoms. The summed E-state index contributed by atoms with van der Waals surface area (Å²) in [7, 11) is 0. The zero-order chi connectivity index (χ0) is 17.2. The van der Waals surface area contributed by atoms with Crippen molar-refractivity contribution in [2.24, 2.45) is 0 Å². The lowest BCUT2D eigenvalue weighted by molar-refractivity contribution is 0.763. The Hall–Kier alpha value is -3.07. The molecule has 0 bridgehead atoms. The molecule has 0 aliphatic carbocycles. The highest BCUT2D eigenvalue weighted by Gasteiger charge is 2.14. The Morgan fingerprint density at radius 2 is 1.36 bits per heavy atom. The topological polar surface area (TPSA) is 26.9 Å². The second-order valence-corrected chi connectivity index (χ2v) is 6.20. The molecule has 0 fully saturated rings. The number of hydrogen-bond donors (Lipinski definition) is 0. The van der Waals surface area contributed by atoms with Gasteiger partial charge in [-0.15, -0.1) is 0 Å². The van der Waals surface area contributed by atoms with Gasteiger partial charge in [-0.05, 0) is 41.8 Å². The van der Waals surface area contributed by atoms with Gasteiger partial charge in [0.2, 0.25) is 0 Å². The number of imidazole rings is 1. The summed E-state index contributed by atoms with van der Waals surface area (Å²) >= 11 is 0. The van der Waals surface area contributed by atoms with E-state index in [2.05, 4.69) is 31.2 Å². The molecule has 0 atom stereocenters. The molecule has 1 aromatic heterocycles. The summed E-state index contributed by atoms with van der Waals surface area (Å²) in [5.74, 6) is 0. The molecule has 0 aliphatic rings. The van der Waals surface area contributed by atoms with E-state index in [1.165, 1.54) is 5.56 Å². The molecule has 0 saturated heterocycles. The summed E-state index contributed by atoms with van der Waals surface area (Å²) in [5.41, 5.74) is 5.18. The highest BCUT2D eigenvalue weighted by atomic mass is 16.1. The number of nitrogens with zero attached hydrogens (tertiary/aromatic N) is 2. The Morgan fingerprint density at radius 3 is 2.04 bits per heavy atom. The molecule has 1 heterocycles. The maximum absolute atomic E-state index is 13.2. The van der Waals surface area contributed by atoms with Crippen LogP contribution >= 0.6 is 0 Å². The summed E-state index contributed by atoms with van der Waals surface area (Å²) in [6, 6.07) is 26.3. The van der Waals surface area contributed by atoms with Gasteiger partial charge in [-0.3, -0.25) is 9.13 Å². The molecule has 4 rings (SSSR count). The third-order valence-electron chi connectivity index (χ3n) is 4.62. The standard InChI is InChI=1S/C22H20N2O/c1-2-17-12-14-19(15-13-17)24-21-11-7-6-10-20(21)23(22(24)25)16-18-8-4-3-5-9-18/h3-15H,2,16H2,1H3. The molecule has 0 radical (unpaired) electrons. The van der Waals surface area contributed by atoms with Crippen LogP contribution in [-0.2, 0) is 13.0 Å². The molecule has 0 saturated carbocycles. The molecule has 3 heteroatoms. The largest absolute Gasteiger partial charge is 0.334 e. The zero-order valence-electron chi connectivity index (χ0n) is 14.2. The van der Waals surface area contributed by atoms with Gasteiger partial charge in [0.05, 0.1) is 23.3 Å². The van der Waals surface area contributed by atoms with E-state index in [1.54, 1.807) is 4.57 Å². The van der Waals surface area contributed by atoms with Crippen molar-refractivity contribution in [3.05, 3.63) is 100 Å². The molecule has 4 aromatic rings. The average molecular weight is 328 g/mol. The van der Waals surface area contributed by atoms with E-state index >= 15 is 0 Å². The van der Waals surface area contributed by atoms with Crippen LogP contribution in [0.3, 0.4) is 0 Å². The third-order valence-corrected chi connectivity index (χ3v) is 4.62. The van der Waals surface area contributed by atoms with E-state index in [9.17, 15) is 4.79 Å². The van der Waals surface area contributed by atoms with Crippen molar-refractivity contribution >= 4 is 11.0 Å². The molecule has 0 unspecified atom stereocenters. The fourth-order valence-corrected chi connectivity index (χ4v) is 3.26. The van der Waals surface area contributed by atoms with Gasteiger partial charge >= 0.3 is 5.69 Å². The minimum atomic E-state index is -0.00528. The van der Waals surface area contributed by atoms with Gasteiger partial charge in [-0.1, -0.05) is 61.5 Å². The van der Waals surface area contributed by atoms with Gasteiger partial charge in [-0.2, -0.15) is 0 Å². The molecule has 0 aliphatic heterocycles. The van der Waals surface area contributed by atoms with Gasteiger partial charge in [0.15, 0.2) is 0 Å². The molecule has 0 N–H and O–H groups in total. The molecular formula is C22H20N2O. The van der Waals surface area contributed by atoms with Gasteiger partial charge in [-0.25, -0.2) is 4.79 Å². The number of aromatic nitrogens is 2. The van der Waals surface area contributed by atoms with E-state index in [1.807, 2.05) is 59.2 Å². The van der Waals surface area contributed by atoms with Crippen molar-refractivity contribution in [3.63, 3.8) is 0 Å². The molecule has 25 heavy (non-hydrogen) atoms. The number of aryl methyl sites for hydroxylation is 1. The SMILES string of the molecule is CCc1ccc(-n2c(=O)n(Cc3ccccc3)c3ccccc32)cc1. The Balaban J connectivity index is 1.90. The van der Waals surface area contributed by atoms with E-state index in [0.29, 0.717) is 6.54 Å². The molecule has 3 nitrogen and oxygen atoms in total. The number of benzene rings is 3. The summed E-state index contributed by atoms with van der Waals surface area (Å²) in [6.45, 7) is 2.70. The van der Waals surface area contributed by atoms with Crippen LogP contribution in [0.4, 0.5) is 0 Å². The predicted octanol–water partition coefficient (Wildman–Crippen LogP) is 4.40. The predicted molar refractivity (Wildman–Crippen MR) is 102 cm³/mol. The van der Waals surface area contributed by atoms with Gasteiger partial charge in [0, 0.05) is 0 Å². The van der Waals surface area contributed by atoms with E-state index in [4.69, 9.17) is 0 Å². The van der Waals surface area contributed by atoms with Crippen molar-refractivity contribution in [3.8, 4) is 5.69 Å². The number of rotatable bonds is 4. The lowest BCUT2D eigenvalue weighted by atomic mass is 10.1. The van der Waals surface area contributed by atoms with Crippen molar-refractivity contribution in [1.29, 1.82) is 0 Å². The van der Waals surface area contributed by atoms with Crippen molar-refractivity contribution in [1.82, 2.24) is 9.13 Å². The first-order chi connectivity index (χ1) is 12.3. The molecule has 3 aromatic carbocycles. The lowest BCUT2D eigenvalue weighted by Crippen LogP contribution is -2.23. The Bertz CT molecular complexity index is 1060. The van der Waals surface area contributed by atoms with Crippen LogP contribution in [0.2, 0.25) is 0 Å². The first-order valence-electron chi connectivity index (χ1n) is 8.61. The normalized spacial score (nSPS) is 11.1.